The molecule has 27 heavy (non-hydrogen) atoms. The molecule has 0 spiro atoms. The number of thiophene rings is 1. The Morgan fingerprint density at radius 3 is 2.41 bits per heavy atom. The van der Waals surface area contributed by atoms with Crippen LogP contribution in [0.3, 0.4) is 0 Å². The molecule has 3 rings (SSSR count). The minimum Gasteiger partial charge on any atom is -0.448 e. The average Bonchev–Trinajstić information content (AvgIpc) is 3.09. The number of hydrogen-bond donors (Lipinski definition) is 0. The molecule has 1 aromatic heterocycles. The number of carbonyl (C=O) groups is 2. The minimum absolute atomic E-state index is 0.125. The van der Waals surface area contributed by atoms with E-state index in [-0.39, 0.29) is 5.91 Å². The van der Waals surface area contributed by atoms with Crippen LogP contribution in [-0.2, 0) is 16.0 Å². The van der Waals surface area contributed by atoms with Crippen molar-refractivity contribution in [3.8, 4) is 0 Å². The highest BCUT2D eigenvalue weighted by Gasteiger charge is 2.28. The molecule has 6 heteroatoms. The Morgan fingerprint density at radius 1 is 1.15 bits per heavy atom. The van der Waals surface area contributed by atoms with Crippen LogP contribution in [-0.4, -0.2) is 49.1 Å². The molecule has 0 aliphatic carbocycles. The molecule has 1 aliphatic rings. The largest absolute Gasteiger partial charge is 0.448 e. The third-order valence-electron chi connectivity index (χ3n) is 4.95. The van der Waals surface area contributed by atoms with E-state index in [1.807, 2.05) is 31.2 Å². The summed E-state index contributed by atoms with van der Waals surface area (Å²) in [5.74, 6) is -0.536. The molecule has 1 fully saturated rings. The van der Waals surface area contributed by atoms with Gasteiger partial charge in [0.25, 0.3) is 5.91 Å². The van der Waals surface area contributed by atoms with Gasteiger partial charge < -0.3 is 14.5 Å². The molecule has 1 saturated heterocycles. The first-order valence-electron chi connectivity index (χ1n) is 9.38. The second kappa shape index (κ2) is 8.57. The number of carbonyl (C=O) groups excluding carboxylic acids is 2. The first kappa shape index (κ1) is 19.4. The number of piperazine rings is 1. The van der Waals surface area contributed by atoms with Gasteiger partial charge in [-0.05, 0) is 44.0 Å². The summed E-state index contributed by atoms with van der Waals surface area (Å²) in [4.78, 5) is 30.8. The van der Waals surface area contributed by atoms with Crippen molar-refractivity contribution in [2.75, 3.05) is 31.1 Å². The van der Waals surface area contributed by atoms with Crippen LogP contribution in [0.1, 0.15) is 34.0 Å². The number of amides is 1. The molecule has 0 unspecified atom stereocenters. The summed E-state index contributed by atoms with van der Waals surface area (Å²) in [7, 11) is 0. The number of aryl methyl sites for hydroxylation is 2. The fourth-order valence-electron chi connectivity index (χ4n) is 3.32. The lowest BCUT2D eigenvalue weighted by molar-refractivity contribution is -0.140. The van der Waals surface area contributed by atoms with E-state index in [2.05, 4.69) is 24.0 Å². The smallest absolute Gasteiger partial charge is 0.349 e. The number of esters is 1. The Kier molecular flexibility index (Phi) is 6.16. The van der Waals surface area contributed by atoms with Crippen molar-refractivity contribution in [3.05, 3.63) is 51.7 Å². The van der Waals surface area contributed by atoms with Gasteiger partial charge in [0.15, 0.2) is 6.10 Å². The van der Waals surface area contributed by atoms with Gasteiger partial charge in [0, 0.05) is 36.7 Å². The predicted molar refractivity (Wildman–Crippen MR) is 109 cm³/mol. The van der Waals surface area contributed by atoms with Crippen LogP contribution in [0.5, 0.6) is 0 Å². The summed E-state index contributed by atoms with van der Waals surface area (Å²) >= 11 is 1.43. The number of nitrogens with zero attached hydrogens (tertiary/aromatic N) is 2. The zero-order valence-corrected chi connectivity index (χ0v) is 16.9. The van der Waals surface area contributed by atoms with Gasteiger partial charge in [-0.3, -0.25) is 4.79 Å². The Labute approximate surface area is 164 Å². The van der Waals surface area contributed by atoms with E-state index >= 15 is 0 Å². The molecule has 0 N–H and O–H groups in total. The zero-order valence-electron chi connectivity index (χ0n) is 16.1. The second-order valence-electron chi connectivity index (χ2n) is 6.74. The monoisotopic (exact) mass is 386 g/mol. The summed E-state index contributed by atoms with van der Waals surface area (Å²) in [5.41, 5.74) is 2.33. The molecule has 1 amide bonds. The van der Waals surface area contributed by atoms with E-state index in [1.54, 1.807) is 11.8 Å². The molecule has 2 aromatic rings. The van der Waals surface area contributed by atoms with Crippen LogP contribution in [0.25, 0.3) is 0 Å². The molecule has 1 aliphatic heterocycles. The summed E-state index contributed by atoms with van der Waals surface area (Å²) in [6.45, 7) is 8.54. The molecule has 0 radical (unpaired) electrons. The fraction of sp³-hybridized carbons (Fsp3) is 0.429. The van der Waals surface area contributed by atoms with Gasteiger partial charge in [0.1, 0.15) is 4.88 Å². The lowest BCUT2D eigenvalue weighted by Crippen LogP contribution is -2.51. The molecule has 1 aromatic carbocycles. The first-order valence-corrected chi connectivity index (χ1v) is 10.2. The average molecular weight is 387 g/mol. The van der Waals surface area contributed by atoms with Gasteiger partial charge in [-0.25, -0.2) is 4.79 Å². The van der Waals surface area contributed by atoms with E-state index in [0.717, 1.165) is 30.0 Å². The maximum atomic E-state index is 12.7. The number of para-hydroxylation sites is 1. The Balaban J connectivity index is 1.54. The van der Waals surface area contributed by atoms with E-state index < -0.39 is 12.1 Å². The highest BCUT2D eigenvalue weighted by atomic mass is 32.1. The molecule has 0 bridgehead atoms. The molecular formula is C21H26N2O3S. The van der Waals surface area contributed by atoms with Gasteiger partial charge in [-0.2, -0.15) is 0 Å². The van der Waals surface area contributed by atoms with Crippen LogP contribution in [0.4, 0.5) is 5.69 Å². The van der Waals surface area contributed by atoms with Crippen LogP contribution >= 0.6 is 11.3 Å². The Bertz CT molecular complexity index is 795. The van der Waals surface area contributed by atoms with Crippen molar-refractivity contribution in [3.63, 3.8) is 0 Å². The van der Waals surface area contributed by atoms with Crippen LogP contribution in [0, 0.1) is 6.92 Å². The third kappa shape index (κ3) is 4.50. The lowest BCUT2D eigenvalue weighted by atomic mass is 10.2. The highest BCUT2D eigenvalue weighted by Crippen LogP contribution is 2.23. The maximum absolute atomic E-state index is 12.7. The lowest BCUT2D eigenvalue weighted by Gasteiger charge is -2.37. The van der Waals surface area contributed by atoms with Crippen LogP contribution < -0.4 is 4.90 Å². The van der Waals surface area contributed by atoms with Crippen LogP contribution in [0.2, 0.25) is 0 Å². The Morgan fingerprint density at radius 2 is 1.81 bits per heavy atom. The molecule has 0 saturated carbocycles. The van der Waals surface area contributed by atoms with Gasteiger partial charge in [-0.15, -0.1) is 11.3 Å². The number of hydrogen-bond acceptors (Lipinski definition) is 5. The second-order valence-corrected chi connectivity index (χ2v) is 8.00. The van der Waals surface area contributed by atoms with E-state index in [1.165, 1.54) is 17.0 Å². The molecular weight excluding hydrogens is 360 g/mol. The van der Waals surface area contributed by atoms with E-state index in [0.29, 0.717) is 18.0 Å². The van der Waals surface area contributed by atoms with Gasteiger partial charge in [0.2, 0.25) is 0 Å². The summed E-state index contributed by atoms with van der Waals surface area (Å²) in [6.07, 6.45) is 0.115. The molecule has 2 heterocycles. The third-order valence-corrected chi connectivity index (χ3v) is 6.02. The quantitative estimate of drug-likeness (QED) is 0.738. The van der Waals surface area contributed by atoms with E-state index in [4.69, 9.17) is 4.74 Å². The number of rotatable bonds is 5. The van der Waals surface area contributed by atoms with Crippen molar-refractivity contribution in [1.29, 1.82) is 0 Å². The van der Waals surface area contributed by atoms with Gasteiger partial charge >= 0.3 is 5.97 Å². The van der Waals surface area contributed by atoms with Crippen LogP contribution in [0.15, 0.2) is 36.4 Å². The SMILES string of the molecule is CCc1cc(C(=O)O[C@@H](C)C(=O)N2CCN(c3ccccc3)CC2)sc1C. The fourth-order valence-corrected chi connectivity index (χ4v) is 4.32. The maximum Gasteiger partial charge on any atom is 0.349 e. The molecule has 1 atom stereocenters. The van der Waals surface area contributed by atoms with Crippen molar-refractivity contribution in [2.24, 2.45) is 0 Å². The normalized spacial score (nSPS) is 15.5. The minimum atomic E-state index is -0.770. The molecule has 5 nitrogen and oxygen atoms in total. The van der Waals surface area contributed by atoms with Crippen molar-refractivity contribution in [2.45, 2.75) is 33.3 Å². The first-order chi connectivity index (χ1) is 13.0. The van der Waals surface area contributed by atoms with E-state index in [9.17, 15) is 9.59 Å². The number of anilines is 1. The topological polar surface area (TPSA) is 49.9 Å². The standard InChI is InChI=1S/C21H26N2O3S/c1-4-17-14-19(27-16(17)3)21(25)26-15(2)20(24)23-12-10-22(11-13-23)18-8-6-5-7-9-18/h5-9,14-15H,4,10-13H2,1-3H3/t15-/m0/s1. The number of ether oxygens (including phenoxy) is 1. The predicted octanol–water partition coefficient (Wildman–Crippen LogP) is 3.51. The van der Waals surface area contributed by atoms with Gasteiger partial charge in [-0.1, -0.05) is 25.1 Å². The number of benzene rings is 1. The summed E-state index contributed by atoms with van der Waals surface area (Å²) < 4.78 is 5.44. The highest BCUT2D eigenvalue weighted by molar-refractivity contribution is 7.14. The molecule has 144 valence electrons. The summed E-state index contributed by atoms with van der Waals surface area (Å²) in [6, 6.07) is 12.1. The van der Waals surface area contributed by atoms with Crippen molar-refractivity contribution >= 4 is 28.9 Å². The van der Waals surface area contributed by atoms with Gasteiger partial charge in [0.05, 0.1) is 0 Å². The van der Waals surface area contributed by atoms with Crippen molar-refractivity contribution < 1.29 is 14.3 Å². The Hall–Kier alpha value is -2.34. The summed E-state index contributed by atoms with van der Waals surface area (Å²) in [5, 5.41) is 0. The van der Waals surface area contributed by atoms with Crippen molar-refractivity contribution in [1.82, 2.24) is 4.90 Å². The zero-order chi connectivity index (χ0) is 19.4.